The van der Waals surface area contributed by atoms with Gasteiger partial charge >= 0.3 is 0 Å². The van der Waals surface area contributed by atoms with Crippen LogP contribution in [-0.4, -0.2) is 19.9 Å². The third kappa shape index (κ3) is 3.68. The molecule has 1 aromatic heterocycles. The summed E-state index contributed by atoms with van der Waals surface area (Å²) in [5.74, 6) is 0. The predicted molar refractivity (Wildman–Crippen MR) is 78.7 cm³/mol. The number of pyridine rings is 1. The van der Waals surface area contributed by atoms with Crippen molar-refractivity contribution in [1.82, 2.24) is 9.71 Å². The van der Waals surface area contributed by atoms with Crippen molar-refractivity contribution in [2.24, 2.45) is 5.41 Å². The van der Waals surface area contributed by atoms with Crippen LogP contribution in [0.25, 0.3) is 0 Å². The molecule has 0 atom stereocenters. The van der Waals surface area contributed by atoms with Crippen LogP contribution >= 0.6 is 27.5 Å². The lowest BCUT2D eigenvalue weighted by Crippen LogP contribution is -2.30. The quantitative estimate of drug-likeness (QED) is 0.784. The Balaban J connectivity index is 2.12. The van der Waals surface area contributed by atoms with E-state index in [2.05, 4.69) is 32.6 Å². The normalized spacial score (nSPS) is 17.4. The average molecular weight is 368 g/mol. The molecule has 0 bridgehead atoms. The molecule has 1 aliphatic carbocycles. The van der Waals surface area contributed by atoms with Gasteiger partial charge in [0.2, 0.25) is 10.0 Å². The number of halogens is 2. The molecule has 0 spiro atoms. The summed E-state index contributed by atoms with van der Waals surface area (Å²) in [4.78, 5) is 3.86. The van der Waals surface area contributed by atoms with Crippen LogP contribution in [0.3, 0.4) is 0 Å². The molecule has 2 rings (SSSR count). The minimum absolute atomic E-state index is 0.00367. The molecular formula is C12H16BrClN2O2S. The zero-order chi connectivity index (χ0) is 14.1. The molecule has 1 saturated carbocycles. The van der Waals surface area contributed by atoms with E-state index in [1.807, 2.05) is 0 Å². The monoisotopic (exact) mass is 366 g/mol. The number of sulfonamides is 1. The van der Waals surface area contributed by atoms with Crippen LogP contribution in [0.2, 0.25) is 5.15 Å². The van der Waals surface area contributed by atoms with E-state index < -0.39 is 10.0 Å². The van der Waals surface area contributed by atoms with Gasteiger partial charge < -0.3 is 0 Å². The minimum atomic E-state index is -3.60. The van der Waals surface area contributed by atoms with Crippen LogP contribution in [0.15, 0.2) is 21.6 Å². The third-order valence-corrected chi connectivity index (χ3v) is 5.70. The van der Waals surface area contributed by atoms with Crippen molar-refractivity contribution in [3.8, 4) is 0 Å². The summed E-state index contributed by atoms with van der Waals surface area (Å²) in [6.07, 6.45) is 5.78. The number of hydrogen-bond acceptors (Lipinski definition) is 3. The van der Waals surface area contributed by atoms with Gasteiger partial charge in [-0.25, -0.2) is 18.1 Å². The maximum atomic E-state index is 12.2. The van der Waals surface area contributed by atoms with Crippen molar-refractivity contribution in [3.05, 3.63) is 21.9 Å². The maximum absolute atomic E-state index is 12.2. The fraction of sp³-hybridized carbons (Fsp3) is 0.583. The Hall–Kier alpha value is -0.170. The summed E-state index contributed by atoms with van der Waals surface area (Å²) < 4.78 is 27.7. The van der Waals surface area contributed by atoms with Crippen molar-refractivity contribution in [2.75, 3.05) is 6.54 Å². The number of nitrogens with zero attached hydrogens (tertiary/aromatic N) is 1. The van der Waals surface area contributed by atoms with Crippen LogP contribution in [0.5, 0.6) is 0 Å². The zero-order valence-corrected chi connectivity index (χ0v) is 13.8. The molecule has 1 aliphatic rings. The highest BCUT2D eigenvalue weighted by atomic mass is 79.9. The molecule has 19 heavy (non-hydrogen) atoms. The summed E-state index contributed by atoms with van der Waals surface area (Å²) in [6, 6.07) is 1.47. The fourth-order valence-corrected chi connectivity index (χ4v) is 4.24. The van der Waals surface area contributed by atoms with E-state index in [9.17, 15) is 8.42 Å². The van der Waals surface area contributed by atoms with Gasteiger partial charge in [0, 0.05) is 17.2 Å². The van der Waals surface area contributed by atoms with Gasteiger partial charge in [0.15, 0.2) is 0 Å². The van der Waals surface area contributed by atoms with Gasteiger partial charge in [-0.05, 0) is 46.7 Å². The zero-order valence-electron chi connectivity index (χ0n) is 10.6. The van der Waals surface area contributed by atoms with Gasteiger partial charge in [0.05, 0.1) is 0 Å². The number of hydrogen-bond donors (Lipinski definition) is 1. The van der Waals surface area contributed by atoms with Crippen LogP contribution in [0.4, 0.5) is 0 Å². The molecule has 4 nitrogen and oxygen atoms in total. The van der Waals surface area contributed by atoms with Crippen LogP contribution < -0.4 is 4.72 Å². The molecule has 1 aromatic rings. The SMILES string of the molecule is CCCC1(CNS(=O)(=O)c2cc(Br)cnc2Cl)CC1. The summed E-state index contributed by atoms with van der Waals surface area (Å²) >= 11 is 9.06. The largest absolute Gasteiger partial charge is 0.243 e. The average Bonchev–Trinajstić information content (AvgIpc) is 3.11. The Labute approximate surface area is 127 Å². The Morgan fingerprint density at radius 2 is 2.21 bits per heavy atom. The van der Waals surface area contributed by atoms with Gasteiger partial charge in [-0.15, -0.1) is 0 Å². The Bertz CT molecular complexity index is 573. The lowest BCUT2D eigenvalue weighted by atomic mass is 10.0. The Kier molecular flexibility index (Phi) is 4.55. The molecule has 0 unspecified atom stereocenters. The molecule has 1 heterocycles. The Morgan fingerprint density at radius 3 is 2.79 bits per heavy atom. The van der Waals surface area contributed by atoms with Crippen molar-refractivity contribution in [1.29, 1.82) is 0 Å². The van der Waals surface area contributed by atoms with E-state index in [4.69, 9.17) is 11.6 Å². The predicted octanol–water partition coefficient (Wildman–Crippen LogP) is 3.36. The van der Waals surface area contributed by atoms with Crippen LogP contribution in [0.1, 0.15) is 32.6 Å². The summed E-state index contributed by atoms with van der Waals surface area (Å²) in [5, 5.41) is -0.00367. The van der Waals surface area contributed by atoms with Gasteiger partial charge in [-0.3, -0.25) is 0 Å². The number of aromatic nitrogens is 1. The first-order valence-electron chi connectivity index (χ1n) is 6.19. The van der Waals surface area contributed by atoms with Gasteiger partial charge in [-0.2, -0.15) is 0 Å². The van der Waals surface area contributed by atoms with E-state index >= 15 is 0 Å². The summed E-state index contributed by atoms with van der Waals surface area (Å²) in [6.45, 7) is 2.59. The van der Waals surface area contributed by atoms with Crippen molar-refractivity contribution >= 4 is 37.6 Å². The van der Waals surface area contributed by atoms with E-state index in [1.54, 1.807) is 0 Å². The smallest absolute Gasteiger partial charge is 0.242 e. The van der Waals surface area contributed by atoms with Gasteiger partial charge in [0.25, 0.3) is 0 Å². The van der Waals surface area contributed by atoms with Crippen molar-refractivity contribution < 1.29 is 8.42 Å². The Morgan fingerprint density at radius 1 is 1.53 bits per heavy atom. The first kappa shape index (κ1) is 15.2. The maximum Gasteiger partial charge on any atom is 0.243 e. The highest BCUT2D eigenvalue weighted by Crippen LogP contribution is 2.49. The molecule has 0 aromatic carbocycles. The summed E-state index contributed by atoms with van der Waals surface area (Å²) in [5.41, 5.74) is 0.160. The van der Waals surface area contributed by atoms with Crippen LogP contribution in [0, 0.1) is 5.41 Å². The fourth-order valence-electron chi connectivity index (χ4n) is 2.14. The van der Waals surface area contributed by atoms with Crippen molar-refractivity contribution in [3.63, 3.8) is 0 Å². The minimum Gasteiger partial charge on any atom is -0.242 e. The molecule has 1 N–H and O–H groups in total. The second kappa shape index (κ2) is 5.68. The molecule has 0 aliphatic heterocycles. The van der Waals surface area contributed by atoms with Gasteiger partial charge in [-0.1, -0.05) is 24.9 Å². The number of nitrogens with one attached hydrogen (secondary N) is 1. The molecule has 1 fully saturated rings. The lowest BCUT2D eigenvalue weighted by Gasteiger charge is -2.15. The van der Waals surface area contributed by atoms with E-state index in [0.29, 0.717) is 11.0 Å². The highest BCUT2D eigenvalue weighted by Gasteiger charge is 2.42. The highest BCUT2D eigenvalue weighted by molar-refractivity contribution is 9.10. The third-order valence-electron chi connectivity index (χ3n) is 3.44. The summed E-state index contributed by atoms with van der Waals surface area (Å²) in [7, 11) is -3.60. The molecule has 0 radical (unpaired) electrons. The van der Waals surface area contributed by atoms with E-state index in [1.165, 1.54) is 12.3 Å². The van der Waals surface area contributed by atoms with E-state index in [-0.39, 0.29) is 15.5 Å². The molecule has 106 valence electrons. The topological polar surface area (TPSA) is 59.1 Å². The lowest BCUT2D eigenvalue weighted by molar-refractivity contribution is 0.449. The second-order valence-corrected chi connectivity index (χ2v) is 8.03. The first-order valence-corrected chi connectivity index (χ1v) is 8.85. The second-order valence-electron chi connectivity index (χ2n) is 5.02. The molecule has 0 saturated heterocycles. The molecule has 0 amide bonds. The van der Waals surface area contributed by atoms with Crippen LogP contribution in [-0.2, 0) is 10.0 Å². The molecular weight excluding hydrogens is 352 g/mol. The molecule has 7 heteroatoms. The van der Waals surface area contributed by atoms with E-state index in [0.717, 1.165) is 25.7 Å². The van der Waals surface area contributed by atoms with Gasteiger partial charge in [0.1, 0.15) is 10.0 Å². The van der Waals surface area contributed by atoms with Crippen molar-refractivity contribution in [2.45, 2.75) is 37.5 Å². The standard InChI is InChI=1S/C12H16BrClN2O2S/c1-2-3-12(4-5-12)8-16-19(17,18)10-6-9(13)7-15-11(10)14/h6-7,16H,2-5,8H2,1H3. The first-order chi connectivity index (χ1) is 8.88. The number of rotatable bonds is 6.